The van der Waals surface area contributed by atoms with E-state index in [1.54, 1.807) is 12.1 Å². The van der Waals surface area contributed by atoms with Crippen LogP contribution in [-0.2, 0) is 4.79 Å². The maximum atomic E-state index is 10.8. The van der Waals surface area contributed by atoms with Gasteiger partial charge >= 0.3 is 5.97 Å². The largest absolute Gasteiger partial charge is 0.478 e. The van der Waals surface area contributed by atoms with Gasteiger partial charge in [0, 0.05) is 5.56 Å². The molecule has 1 aromatic heterocycles. The van der Waals surface area contributed by atoms with Crippen LogP contribution in [0.25, 0.3) is 5.57 Å². The molecule has 0 saturated carbocycles. The number of carboxylic acid groups (broad SMARTS) is 1. The minimum absolute atomic E-state index is 0.315. The van der Waals surface area contributed by atoms with Crippen molar-refractivity contribution in [3.05, 3.63) is 30.2 Å². The first kappa shape index (κ1) is 9.58. The Labute approximate surface area is 76.7 Å². The highest BCUT2D eigenvalue weighted by Crippen LogP contribution is 2.16. The molecular weight excluding hydrogens is 168 g/mol. The zero-order valence-electron chi connectivity index (χ0n) is 7.49. The Morgan fingerprint density at radius 1 is 1.69 bits per heavy atom. The van der Waals surface area contributed by atoms with Crippen molar-refractivity contribution in [3.63, 3.8) is 0 Å². The number of carboxylic acids is 1. The SMILES string of the molecule is CCC/C=C(/C(=O)O)c1ccoc1. The Morgan fingerprint density at radius 3 is 2.92 bits per heavy atom. The van der Waals surface area contributed by atoms with Gasteiger partial charge in [0.25, 0.3) is 0 Å². The molecule has 0 saturated heterocycles. The van der Waals surface area contributed by atoms with Crippen LogP contribution in [0.4, 0.5) is 0 Å². The average molecular weight is 180 g/mol. The van der Waals surface area contributed by atoms with Gasteiger partial charge in [0.15, 0.2) is 0 Å². The first-order valence-corrected chi connectivity index (χ1v) is 4.21. The van der Waals surface area contributed by atoms with Gasteiger partial charge in [-0.3, -0.25) is 0 Å². The molecule has 3 heteroatoms. The normalized spacial score (nSPS) is 11.6. The molecule has 3 nitrogen and oxygen atoms in total. The highest BCUT2D eigenvalue weighted by molar-refractivity contribution is 6.15. The van der Waals surface area contributed by atoms with Crippen LogP contribution >= 0.6 is 0 Å². The summed E-state index contributed by atoms with van der Waals surface area (Å²) in [5.41, 5.74) is 0.941. The van der Waals surface area contributed by atoms with Gasteiger partial charge in [0.1, 0.15) is 0 Å². The molecule has 0 unspecified atom stereocenters. The third-order valence-electron chi connectivity index (χ3n) is 1.70. The number of hydrogen-bond donors (Lipinski definition) is 1. The Kier molecular flexibility index (Phi) is 3.31. The lowest BCUT2D eigenvalue weighted by molar-refractivity contribution is -0.130. The molecule has 1 aromatic rings. The van der Waals surface area contributed by atoms with E-state index in [1.165, 1.54) is 12.5 Å². The second-order valence-corrected chi connectivity index (χ2v) is 2.72. The molecule has 0 amide bonds. The topological polar surface area (TPSA) is 50.4 Å². The van der Waals surface area contributed by atoms with Gasteiger partial charge in [-0.2, -0.15) is 0 Å². The van der Waals surface area contributed by atoms with Crippen molar-refractivity contribution in [2.45, 2.75) is 19.8 Å². The second-order valence-electron chi connectivity index (χ2n) is 2.72. The lowest BCUT2D eigenvalue weighted by Crippen LogP contribution is -1.98. The molecule has 0 radical (unpaired) electrons. The summed E-state index contributed by atoms with van der Waals surface area (Å²) in [6.45, 7) is 2.01. The van der Waals surface area contributed by atoms with E-state index in [2.05, 4.69) is 0 Å². The minimum atomic E-state index is -0.908. The summed E-state index contributed by atoms with van der Waals surface area (Å²) in [5, 5.41) is 8.86. The zero-order valence-corrected chi connectivity index (χ0v) is 7.49. The van der Waals surface area contributed by atoms with Crippen molar-refractivity contribution in [2.24, 2.45) is 0 Å². The summed E-state index contributed by atoms with van der Waals surface area (Å²) in [5.74, 6) is -0.908. The fourth-order valence-corrected chi connectivity index (χ4v) is 1.04. The number of unbranched alkanes of at least 4 members (excludes halogenated alkanes) is 1. The molecule has 0 atom stereocenters. The van der Waals surface area contributed by atoms with Crippen LogP contribution in [0.15, 0.2) is 29.1 Å². The summed E-state index contributed by atoms with van der Waals surface area (Å²) in [6, 6.07) is 1.65. The van der Waals surface area contributed by atoms with Crippen molar-refractivity contribution >= 4 is 11.5 Å². The molecule has 0 aliphatic heterocycles. The number of carbonyl (C=O) groups is 1. The summed E-state index contributed by atoms with van der Waals surface area (Å²) in [4.78, 5) is 10.8. The van der Waals surface area contributed by atoms with Crippen LogP contribution < -0.4 is 0 Å². The van der Waals surface area contributed by atoms with E-state index in [0.29, 0.717) is 11.1 Å². The van der Waals surface area contributed by atoms with Gasteiger partial charge < -0.3 is 9.52 Å². The third kappa shape index (κ3) is 2.47. The Hall–Kier alpha value is -1.51. The van der Waals surface area contributed by atoms with Crippen molar-refractivity contribution in [1.82, 2.24) is 0 Å². The predicted octanol–water partition coefficient (Wildman–Crippen LogP) is 2.55. The quantitative estimate of drug-likeness (QED) is 0.724. The monoisotopic (exact) mass is 180 g/mol. The van der Waals surface area contributed by atoms with Crippen molar-refractivity contribution < 1.29 is 14.3 Å². The van der Waals surface area contributed by atoms with Gasteiger partial charge in [-0.15, -0.1) is 0 Å². The van der Waals surface area contributed by atoms with E-state index in [1.807, 2.05) is 6.92 Å². The molecule has 1 N–H and O–H groups in total. The van der Waals surface area contributed by atoms with Gasteiger partial charge in [0.05, 0.1) is 18.1 Å². The molecule has 0 aliphatic rings. The maximum absolute atomic E-state index is 10.8. The van der Waals surface area contributed by atoms with E-state index < -0.39 is 5.97 Å². The van der Waals surface area contributed by atoms with E-state index in [0.717, 1.165) is 12.8 Å². The zero-order chi connectivity index (χ0) is 9.68. The molecular formula is C10H12O3. The van der Waals surface area contributed by atoms with E-state index >= 15 is 0 Å². The molecule has 70 valence electrons. The first-order valence-electron chi connectivity index (χ1n) is 4.21. The number of hydrogen-bond acceptors (Lipinski definition) is 2. The van der Waals surface area contributed by atoms with Crippen molar-refractivity contribution in [1.29, 1.82) is 0 Å². The third-order valence-corrected chi connectivity index (χ3v) is 1.70. The number of rotatable bonds is 4. The summed E-state index contributed by atoms with van der Waals surface area (Å²) in [6.07, 6.45) is 6.34. The smallest absolute Gasteiger partial charge is 0.336 e. The Morgan fingerprint density at radius 2 is 2.46 bits per heavy atom. The second kappa shape index (κ2) is 4.50. The average Bonchev–Trinajstić information content (AvgIpc) is 2.57. The van der Waals surface area contributed by atoms with Crippen LogP contribution in [0.2, 0.25) is 0 Å². The lowest BCUT2D eigenvalue weighted by Gasteiger charge is -1.96. The van der Waals surface area contributed by atoms with Gasteiger partial charge in [0.2, 0.25) is 0 Å². The van der Waals surface area contributed by atoms with E-state index in [4.69, 9.17) is 9.52 Å². The summed E-state index contributed by atoms with van der Waals surface area (Å²) < 4.78 is 4.82. The van der Waals surface area contributed by atoms with Gasteiger partial charge in [-0.25, -0.2) is 4.79 Å². The Bertz CT molecular complexity index is 296. The fraction of sp³-hybridized carbons (Fsp3) is 0.300. The molecule has 0 spiro atoms. The Balaban J connectivity index is 2.87. The number of allylic oxidation sites excluding steroid dienone is 1. The molecule has 0 fully saturated rings. The molecule has 0 bridgehead atoms. The van der Waals surface area contributed by atoms with Gasteiger partial charge in [-0.1, -0.05) is 19.4 Å². The molecule has 1 rings (SSSR count). The van der Waals surface area contributed by atoms with Gasteiger partial charge in [-0.05, 0) is 12.5 Å². The molecule has 0 aliphatic carbocycles. The van der Waals surface area contributed by atoms with Crippen molar-refractivity contribution in [2.75, 3.05) is 0 Å². The predicted molar refractivity (Wildman–Crippen MR) is 49.2 cm³/mol. The standard InChI is InChI=1S/C10H12O3/c1-2-3-4-9(10(11)12)8-5-6-13-7-8/h4-7H,2-3H2,1H3,(H,11,12)/b9-4+. The number of aliphatic carboxylic acids is 1. The van der Waals surface area contributed by atoms with E-state index in [-0.39, 0.29) is 0 Å². The van der Waals surface area contributed by atoms with Crippen LogP contribution in [0, 0.1) is 0 Å². The summed E-state index contributed by atoms with van der Waals surface area (Å²) in [7, 11) is 0. The molecule has 0 aromatic carbocycles. The molecule has 1 heterocycles. The van der Waals surface area contributed by atoms with Crippen LogP contribution in [0.3, 0.4) is 0 Å². The lowest BCUT2D eigenvalue weighted by atomic mass is 10.1. The van der Waals surface area contributed by atoms with Crippen LogP contribution in [0.1, 0.15) is 25.3 Å². The highest BCUT2D eigenvalue weighted by Gasteiger charge is 2.09. The minimum Gasteiger partial charge on any atom is -0.478 e. The van der Waals surface area contributed by atoms with Crippen LogP contribution in [0.5, 0.6) is 0 Å². The highest BCUT2D eigenvalue weighted by atomic mass is 16.4. The van der Waals surface area contributed by atoms with Crippen molar-refractivity contribution in [3.8, 4) is 0 Å². The number of furan rings is 1. The first-order chi connectivity index (χ1) is 6.25. The van der Waals surface area contributed by atoms with E-state index in [9.17, 15) is 4.79 Å². The van der Waals surface area contributed by atoms with Crippen LogP contribution in [-0.4, -0.2) is 11.1 Å². The summed E-state index contributed by atoms with van der Waals surface area (Å²) >= 11 is 0. The maximum Gasteiger partial charge on any atom is 0.336 e. The fourth-order valence-electron chi connectivity index (χ4n) is 1.04. The molecule has 13 heavy (non-hydrogen) atoms.